The van der Waals surface area contributed by atoms with Crippen molar-refractivity contribution in [3.8, 4) is 0 Å². The van der Waals surface area contributed by atoms with Crippen LogP contribution in [0, 0.1) is 5.41 Å². The largest absolute Gasteiger partial charge is 0.469 e. The highest BCUT2D eigenvalue weighted by molar-refractivity contribution is 5.99. The van der Waals surface area contributed by atoms with Crippen molar-refractivity contribution < 1.29 is 14.3 Å². The lowest BCUT2D eigenvalue weighted by Gasteiger charge is -2.14. The number of benzene rings is 1. The van der Waals surface area contributed by atoms with Crippen molar-refractivity contribution in [1.82, 2.24) is 0 Å². The Morgan fingerprint density at radius 2 is 2.26 bits per heavy atom. The van der Waals surface area contributed by atoms with Crippen LogP contribution in [0.5, 0.6) is 0 Å². The van der Waals surface area contributed by atoms with Crippen LogP contribution in [-0.2, 0) is 20.7 Å². The minimum Gasteiger partial charge on any atom is -0.469 e. The number of carbonyl (C=O) groups excluding carboxylic acids is 2. The molecule has 1 heterocycles. The summed E-state index contributed by atoms with van der Waals surface area (Å²) in [4.78, 5) is 22.9. The van der Waals surface area contributed by atoms with Gasteiger partial charge in [-0.1, -0.05) is 0 Å². The van der Waals surface area contributed by atoms with Crippen LogP contribution in [0.1, 0.15) is 18.4 Å². The van der Waals surface area contributed by atoms with Crippen LogP contribution < -0.4 is 10.6 Å². The fourth-order valence-electron chi connectivity index (χ4n) is 2.43. The number of ether oxygens (including phenoxy) is 1. The monoisotopic (exact) mass is 260 g/mol. The number of carbonyl (C=O) groups is 2. The Balaban J connectivity index is 1.67. The molecule has 0 unspecified atom stereocenters. The predicted molar refractivity (Wildman–Crippen MR) is 70.9 cm³/mol. The molecule has 0 atom stereocenters. The van der Waals surface area contributed by atoms with Crippen LogP contribution in [0.15, 0.2) is 18.2 Å². The molecule has 19 heavy (non-hydrogen) atoms. The molecule has 1 aliphatic heterocycles. The van der Waals surface area contributed by atoms with Gasteiger partial charge >= 0.3 is 5.97 Å². The van der Waals surface area contributed by atoms with E-state index in [1.165, 1.54) is 7.11 Å². The molecule has 2 aliphatic rings. The van der Waals surface area contributed by atoms with E-state index in [1.54, 1.807) is 0 Å². The number of nitrogens with one attached hydrogen (secondary N) is 2. The van der Waals surface area contributed by atoms with Crippen molar-refractivity contribution in [1.29, 1.82) is 0 Å². The summed E-state index contributed by atoms with van der Waals surface area (Å²) >= 11 is 0. The van der Waals surface area contributed by atoms with Crippen LogP contribution in [-0.4, -0.2) is 25.5 Å². The van der Waals surface area contributed by atoms with Gasteiger partial charge in [0, 0.05) is 17.9 Å². The van der Waals surface area contributed by atoms with E-state index in [0.29, 0.717) is 13.0 Å². The van der Waals surface area contributed by atoms with Gasteiger partial charge in [0.25, 0.3) is 0 Å². The summed E-state index contributed by atoms with van der Waals surface area (Å²) in [5.41, 5.74) is 2.47. The number of fused-ring (bicyclic) bond motifs is 1. The molecule has 1 saturated carbocycles. The third-order valence-electron chi connectivity index (χ3n) is 3.83. The molecular formula is C14H16N2O3. The van der Waals surface area contributed by atoms with E-state index >= 15 is 0 Å². The SMILES string of the molecule is COC(=O)C1(CNc2ccc3c(c2)CC(=O)N3)CC1. The van der Waals surface area contributed by atoms with Gasteiger partial charge < -0.3 is 15.4 Å². The summed E-state index contributed by atoms with van der Waals surface area (Å²) in [6.45, 7) is 0.583. The smallest absolute Gasteiger partial charge is 0.313 e. The lowest BCUT2D eigenvalue weighted by Crippen LogP contribution is -2.25. The number of anilines is 2. The first-order valence-corrected chi connectivity index (χ1v) is 6.38. The zero-order chi connectivity index (χ0) is 13.5. The summed E-state index contributed by atoms with van der Waals surface area (Å²) in [7, 11) is 1.43. The maximum atomic E-state index is 11.6. The Hall–Kier alpha value is -2.04. The van der Waals surface area contributed by atoms with E-state index in [0.717, 1.165) is 29.8 Å². The minimum absolute atomic E-state index is 0.0281. The normalized spacial score (nSPS) is 18.5. The second-order valence-electron chi connectivity index (χ2n) is 5.22. The second kappa shape index (κ2) is 4.26. The Morgan fingerprint density at radius 3 is 2.95 bits per heavy atom. The second-order valence-corrected chi connectivity index (χ2v) is 5.22. The van der Waals surface area contributed by atoms with Gasteiger partial charge in [-0.05, 0) is 36.6 Å². The zero-order valence-electron chi connectivity index (χ0n) is 10.8. The highest BCUT2D eigenvalue weighted by Crippen LogP contribution is 2.46. The maximum Gasteiger partial charge on any atom is 0.313 e. The molecule has 5 nitrogen and oxygen atoms in total. The van der Waals surface area contributed by atoms with Crippen molar-refractivity contribution >= 4 is 23.3 Å². The van der Waals surface area contributed by atoms with Crippen molar-refractivity contribution in [3.63, 3.8) is 0 Å². The van der Waals surface area contributed by atoms with E-state index in [2.05, 4.69) is 10.6 Å². The molecule has 0 spiro atoms. The summed E-state index contributed by atoms with van der Waals surface area (Å²) in [5.74, 6) is -0.113. The van der Waals surface area contributed by atoms with Gasteiger partial charge in [-0.25, -0.2) is 0 Å². The van der Waals surface area contributed by atoms with E-state index in [9.17, 15) is 9.59 Å². The molecule has 0 aromatic heterocycles. The molecule has 100 valence electrons. The number of rotatable bonds is 4. The van der Waals surface area contributed by atoms with Crippen LogP contribution in [0.4, 0.5) is 11.4 Å². The standard InChI is InChI=1S/C14H16N2O3/c1-19-13(18)14(4-5-14)8-15-10-2-3-11-9(6-10)7-12(17)16-11/h2-3,6,15H,4-5,7-8H2,1H3,(H,16,17). The lowest BCUT2D eigenvalue weighted by atomic mass is 10.1. The van der Waals surface area contributed by atoms with E-state index in [4.69, 9.17) is 4.74 Å². The topological polar surface area (TPSA) is 67.4 Å². The minimum atomic E-state index is -0.345. The van der Waals surface area contributed by atoms with Crippen LogP contribution in [0.2, 0.25) is 0 Å². The maximum absolute atomic E-state index is 11.6. The van der Waals surface area contributed by atoms with E-state index in [-0.39, 0.29) is 17.3 Å². The number of methoxy groups -OCH3 is 1. The van der Waals surface area contributed by atoms with Gasteiger partial charge in [-0.15, -0.1) is 0 Å². The van der Waals surface area contributed by atoms with Crippen LogP contribution in [0.25, 0.3) is 0 Å². The number of hydrogen-bond donors (Lipinski definition) is 2. The van der Waals surface area contributed by atoms with Crippen LogP contribution in [0.3, 0.4) is 0 Å². The number of esters is 1. The first-order valence-electron chi connectivity index (χ1n) is 6.38. The average molecular weight is 260 g/mol. The molecule has 3 rings (SSSR count). The first-order chi connectivity index (χ1) is 9.13. The molecule has 0 bridgehead atoms. The van der Waals surface area contributed by atoms with Gasteiger partial charge in [0.2, 0.25) is 5.91 Å². The number of amides is 1. The van der Waals surface area contributed by atoms with Crippen LogP contribution >= 0.6 is 0 Å². The average Bonchev–Trinajstić information content (AvgIpc) is 3.11. The molecule has 0 radical (unpaired) electrons. The number of hydrogen-bond acceptors (Lipinski definition) is 4. The first kappa shape index (κ1) is 12.0. The fourth-order valence-corrected chi connectivity index (χ4v) is 2.43. The van der Waals surface area contributed by atoms with Crippen molar-refractivity contribution in [3.05, 3.63) is 23.8 Å². The highest BCUT2D eigenvalue weighted by Gasteiger charge is 2.50. The molecule has 1 aromatic carbocycles. The molecule has 1 aromatic rings. The summed E-state index contributed by atoms with van der Waals surface area (Å²) in [6, 6.07) is 5.76. The molecule has 2 N–H and O–H groups in total. The quantitative estimate of drug-likeness (QED) is 0.806. The molecule has 5 heteroatoms. The summed E-state index contributed by atoms with van der Waals surface area (Å²) in [6.07, 6.45) is 2.17. The Morgan fingerprint density at radius 1 is 1.47 bits per heavy atom. The molecule has 1 aliphatic carbocycles. The Bertz CT molecular complexity index is 550. The highest BCUT2D eigenvalue weighted by atomic mass is 16.5. The van der Waals surface area contributed by atoms with Gasteiger partial charge in [0.05, 0.1) is 18.9 Å². The Labute approximate surface area is 111 Å². The fraction of sp³-hybridized carbons (Fsp3) is 0.429. The summed E-state index contributed by atoms with van der Waals surface area (Å²) < 4.78 is 4.82. The predicted octanol–water partition coefficient (Wildman–Crippen LogP) is 1.55. The van der Waals surface area contributed by atoms with Gasteiger partial charge in [-0.3, -0.25) is 9.59 Å². The summed E-state index contributed by atoms with van der Waals surface area (Å²) in [5, 5.41) is 6.06. The molecular weight excluding hydrogens is 244 g/mol. The Kier molecular flexibility index (Phi) is 2.69. The van der Waals surface area contributed by atoms with Gasteiger partial charge in [0.15, 0.2) is 0 Å². The third-order valence-corrected chi connectivity index (χ3v) is 3.83. The molecule has 1 amide bonds. The zero-order valence-corrected chi connectivity index (χ0v) is 10.8. The molecule has 0 saturated heterocycles. The van der Waals surface area contributed by atoms with Gasteiger partial charge in [0.1, 0.15) is 0 Å². The van der Waals surface area contributed by atoms with Crippen molar-refractivity contribution in [2.24, 2.45) is 5.41 Å². The van der Waals surface area contributed by atoms with Gasteiger partial charge in [-0.2, -0.15) is 0 Å². The third kappa shape index (κ3) is 2.16. The van der Waals surface area contributed by atoms with Crippen molar-refractivity contribution in [2.45, 2.75) is 19.3 Å². The van der Waals surface area contributed by atoms with E-state index < -0.39 is 0 Å². The molecule has 1 fully saturated rings. The van der Waals surface area contributed by atoms with Crippen molar-refractivity contribution in [2.75, 3.05) is 24.3 Å². The lowest BCUT2D eigenvalue weighted by molar-refractivity contribution is -0.146. The van der Waals surface area contributed by atoms with E-state index in [1.807, 2.05) is 18.2 Å².